The van der Waals surface area contributed by atoms with Crippen molar-refractivity contribution in [3.05, 3.63) is 41.9 Å². The Labute approximate surface area is 273 Å². The number of nitrogens with zero attached hydrogens (tertiary/aromatic N) is 5. The SMILES string of the molecule is CN1CCN(CCCNC2C(F)CC3C(=O)C(C(=O)N(C)CCc4ccccn4)=CN4C5CCC6CCCCC6C5OC2C34)CC1. The molecule has 252 valence electrons. The maximum atomic E-state index is 16.3. The third kappa shape index (κ3) is 6.39. The number of aromatic nitrogens is 1. The minimum Gasteiger partial charge on any atom is -0.369 e. The number of fused-ring (bicyclic) bond motifs is 4. The molecule has 6 aliphatic rings. The fourth-order valence-corrected chi connectivity index (χ4v) is 9.53. The van der Waals surface area contributed by atoms with Gasteiger partial charge in [-0.3, -0.25) is 14.6 Å². The van der Waals surface area contributed by atoms with Crippen molar-refractivity contribution >= 4 is 11.7 Å². The summed E-state index contributed by atoms with van der Waals surface area (Å²) in [6, 6.07) is 5.18. The summed E-state index contributed by atoms with van der Waals surface area (Å²) in [6.45, 7) is 6.53. The number of carbonyl (C=O) groups is 2. The van der Waals surface area contributed by atoms with Gasteiger partial charge in [-0.15, -0.1) is 0 Å². The molecule has 0 radical (unpaired) electrons. The highest BCUT2D eigenvalue weighted by Crippen LogP contribution is 2.50. The molecule has 3 aliphatic carbocycles. The predicted molar refractivity (Wildman–Crippen MR) is 175 cm³/mol. The van der Waals surface area contributed by atoms with Gasteiger partial charge in [-0.2, -0.15) is 0 Å². The first kappa shape index (κ1) is 32.2. The topological polar surface area (TPSA) is 81.2 Å². The molecule has 5 fully saturated rings. The van der Waals surface area contributed by atoms with E-state index in [-0.39, 0.29) is 41.9 Å². The lowest BCUT2D eigenvalue weighted by molar-refractivity contribution is -0.220. The number of amides is 1. The van der Waals surface area contributed by atoms with Crippen LogP contribution in [-0.2, 0) is 20.7 Å². The van der Waals surface area contributed by atoms with Crippen LogP contribution in [0.5, 0.6) is 0 Å². The van der Waals surface area contributed by atoms with Crippen LogP contribution in [0.15, 0.2) is 36.2 Å². The van der Waals surface area contributed by atoms with E-state index in [0.29, 0.717) is 24.8 Å². The summed E-state index contributed by atoms with van der Waals surface area (Å²) in [7, 11) is 3.92. The van der Waals surface area contributed by atoms with Gasteiger partial charge >= 0.3 is 0 Å². The molecule has 1 aromatic heterocycles. The second kappa shape index (κ2) is 14.0. The summed E-state index contributed by atoms with van der Waals surface area (Å²) >= 11 is 0. The number of hydrogen-bond acceptors (Lipinski definition) is 8. The fourth-order valence-electron chi connectivity index (χ4n) is 9.53. The highest BCUT2D eigenvalue weighted by Gasteiger charge is 2.60. The Morgan fingerprint density at radius 2 is 1.93 bits per heavy atom. The second-order valence-corrected chi connectivity index (χ2v) is 14.9. The van der Waals surface area contributed by atoms with Crippen LogP contribution < -0.4 is 5.32 Å². The van der Waals surface area contributed by atoms with Crippen LogP contribution in [0.1, 0.15) is 57.1 Å². The minimum atomic E-state index is -1.21. The smallest absolute Gasteiger partial charge is 0.258 e. The van der Waals surface area contributed by atoms with Crippen molar-refractivity contribution in [3.63, 3.8) is 0 Å². The Hall–Kier alpha value is -2.40. The van der Waals surface area contributed by atoms with Crippen molar-refractivity contribution in [2.24, 2.45) is 17.8 Å². The molecule has 10 heteroatoms. The summed E-state index contributed by atoms with van der Waals surface area (Å²) in [5.74, 6) is 0.0318. The van der Waals surface area contributed by atoms with E-state index >= 15 is 4.39 Å². The molecule has 1 aromatic rings. The van der Waals surface area contributed by atoms with E-state index in [4.69, 9.17) is 4.74 Å². The van der Waals surface area contributed by atoms with Gasteiger partial charge < -0.3 is 29.7 Å². The van der Waals surface area contributed by atoms with Gasteiger partial charge in [0.15, 0.2) is 5.78 Å². The molecule has 46 heavy (non-hydrogen) atoms. The third-order valence-corrected chi connectivity index (χ3v) is 12.1. The van der Waals surface area contributed by atoms with Crippen LogP contribution in [0.25, 0.3) is 0 Å². The van der Waals surface area contributed by atoms with Crippen LogP contribution in [0.4, 0.5) is 4.39 Å². The number of rotatable bonds is 9. The Bertz CT molecular complexity index is 1260. The van der Waals surface area contributed by atoms with Gasteiger partial charge in [0, 0.05) is 70.2 Å². The summed E-state index contributed by atoms with van der Waals surface area (Å²) in [5, 5.41) is 3.60. The molecule has 1 N–H and O–H groups in total. The number of carbonyl (C=O) groups excluding carboxylic acids is 2. The Kier molecular flexibility index (Phi) is 9.78. The van der Waals surface area contributed by atoms with Crippen LogP contribution in [0.3, 0.4) is 0 Å². The number of Topliss-reactive ketones (excluding diaryl/α,β-unsaturated/α-hetero) is 1. The maximum absolute atomic E-state index is 16.3. The van der Waals surface area contributed by atoms with Crippen molar-refractivity contribution in [1.82, 2.24) is 29.9 Å². The average molecular weight is 637 g/mol. The Morgan fingerprint density at radius 3 is 2.74 bits per heavy atom. The van der Waals surface area contributed by atoms with Crippen molar-refractivity contribution in [1.29, 1.82) is 0 Å². The lowest BCUT2D eigenvalue weighted by Gasteiger charge is -2.61. The molecule has 2 saturated heterocycles. The molecule has 4 heterocycles. The quantitative estimate of drug-likeness (QED) is 0.328. The van der Waals surface area contributed by atoms with Gasteiger partial charge in [-0.1, -0.05) is 25.3 Å². The highest BCUT2D eigenvalue weighted by molar-refractivity contribution is 6.20. The number of nitrogens with one attached hydrogen (secondary N) is 1. The zero-order chi connectivity index (χ0) is 31.8. The average Bonchev–Trinajstić information content (AvgIpc) is 3.08. The summed E-state index contributed by atoms with van der Waals surface area (Å²) in [6.07, 6.45) is 10.7. The highest BCUT2D eigenvalue weighted by atomic mass is 19.1. The molecule has 0 aromatic carbocycles. The fraction of sp³-hybridized carbons (Fsp3) is 0.750. The first-order valence-corrected chi connectivity index (χ1v) is 18.0. The number of ketones is 1. The molecular formula is C36H53FN6O3. The number of halogens is 1. The standard InChI is InChI=1S/C36H53FN6O3/c1-40-18-20-42(21-19-40)16-7-15-39-31-29(37)22-27-32-35(31)46-34-26-10-4-3-8-24(26)11-12-30(34)43(32)23-28(33(27)44)36(45)41(2)17-13-25-9-5-6-14-38-25/h5-6,9,14,23-24,26-27,29-32,34-35,39H,3-4,7-8,10-13,15-22H2,1-2H3. The van der Waals surface area contributed by atoms with Crippen LogP contribution in [0, 0.1) is 17.8 Å². The van der Waals surface area contributed by atoms with Gasteiger partial charge in [-0.25, -0.2) is 4.39 Å². The van der Waals surface area contributed by atoms with E-state index in [1.54, 1.807) is 18.1 Å². The van der Waals surface area contributed by atoms with Crippen molar-refractivity contribution in [2.75, 3.05) is 59.9 Å². The van der Waals surface area contributed by atoms with Gasteiger partial charge in [0.1, 0.15) is 6.17 Å². The van der Waals surface area contributed by atoms with E-state index in [9.17, 15) is 9.59 Å². The molecular weight excluding hydrogens is 583 g/mol. The van der Waals surface area contributed by atoms with E-state index < -0.39 is 24.2 Å². The molecule has 3 aliphatic heterocycles. The number of likely N-dealkylation sites (N-methyl/N-ethyl adjacent to an activating group) is 2. The normalized spacial score (nSPS) is 36.3. The number of alkyl halides is 1. The maximum Gasteiger partial charge on any atom is 0.258 e. The summed E-state index contributed by atoms with van der Waals surface area (Å²) in [5.41, 5.74) is 1.12. The van der Waals surface area contributed by atoms with Gasteiger partial charge in [0.05, 0.1) is 35.9 Å². The molecule has 3 saturated carbocycles. The Balaban J connectivity index is 1.11. The first-order chi connectivity index (χ1) is 22.4. The number of pyridine rings is 1. The lowest BCUT2D eigenvalue weighted by Crippen LogP contribution is -2.74. The van der Waals surface area contributed by atoms with Crippen molar-refractivity contribution < 1.29 is 18.7 Å². The minimum absolute atomic E-state index is 0.00331. The van der Waals surface area contributed by atoms with Gasteiger partial charge in [-0.05, 0) is 76.2 Å². The van der Waals surface area contributed by atoms with E-state index in [1.165, 1.54) is 19.3 Å². The van der Waals surface area contributed by atoms with Crippen LogP contribution in [-0.4, -0.2) is 133 Å². The second-order valence-electron chi connectivity index (χ2n) is 14.9. The largest absolute Gasteiger partial charge is 0.369 e. The lowest BCUT2D eigenvalue weighted by atomic mass is 9.64. The van der Waals surface area contributed by atoms with Gasteiger partial charge in [0.2, 0.25) is 0 Å². The van der Waals surface area contributed by atoms with Crippen LogP contribution >= 0.6 is 0 Å². The predicted octanol–water partition coefficient (Wildman–Crippen LogP) is 2.91. The Morgan fingerprint density at radius 1 is 1.11 bits per heavy atom. The first-order valence-electron chi connectivity index (χ1n) is 18.0. The van der Waals surface area contributed by atoms with Gasteiger partial charge in [0.25, 0.3) is 5.91 Å². The third-order valence-electron chi connectivity index (χ3n) is 12.1. The van der Waals surface area contributed by atoms with E-state index in [1.807, 2.05) is 24.4 Å². The molecule has 9 unspecified atom stereocenters. The molecule has 7 rings (SSSR count). The number of piperazine rings is 1. The number of morpholine rings is 1. The van der Waals surface area contributed by atoms with Crippen molar-refractivity contribution in [2.45, 2.75) is 94.3 Å². The molecule has 9 nitrogen and oxygen atoms in total. The number of hydrogen-bond donors (Lipinski definition) is 1. The van der Waals surface area contributed by atoms with Crippen LogP contribution in [0.2, 0.25) is 0 Å². The van der Waals surface area contributed by atoms with E-state index in [0.717, 1.165) is 70.6 Å². The molecule has 0 spiro atoms. The summed E-state index contributed by atoms with van der Waals surface area (Å²) < 4.78 is 23.4. The zero-order valence-electron chi connectivity index (χ0n) is 27.7. The molecule has 0 bridgehead atoms. The number of ether oxygens (including phenoxy) is 1. The molecule has 1 amide bonds. The van der Waals surface area contributed by atoms with E-state index in [2.05, 4.69) is 32.0 Å². The summed E-state index contributed by atoms with van der Waals surface area (Å²) in [4.78, 5) is 41.2. The zero-order valence-corrected chi connectivity index (χ0v) is 27.7. The van der Waals surface area contributed by atoms with Crippen molar-refractivity contribution in [3.8, 4) is 0 Å². The monoisotopic (exact) mass is 636 g/mol. The molecule has 9 atom stereocenters.